The fourth-order valence-corrected chi connectivity index (χ4v) is 5.50. The quantitative estimate of drug-likeness (QED) is 0.899. The SMILES string of the molecule is CCCS(=O)(=O)c1c(N)nsc1N1CC(C)N(C)C(C)C1. The summed E-state index contributed by atoms with van der Waals surface area (Å²) in [4.78, 5) is 4.66. The van der Waals surface area contributed by atoms with E-state index < -0.39 is 9.84 Å². The Bertz CT molecular complexity index is 587. The smallest absolute Gasteiger partial charge is 0.185 e. The molecule has 0 aromatic carbocycles. The summed E-state index contributed by atoms with van der Waals surface area (Å²) < 4.78 is 29.0. The maximum atomic E-state index is 12.5. The summed E-state index contributed by atoms with van der Waals surface area (Å²) in [5.41, 5.74) is 5.84. The van der Waals surface area contributed by atoms with Gasteiger partial charge in [0.25, 0.3) is 0 Å². The van der Waals surface area contributed by atoms with Gasteiger partial charge in [0, 0.05) is 25.2 Å². The molecule has 0 aliphatic carbocycles. The fourth-order valence-electron chi connectivity index (χ4n) is 2.72. The zero-order valence-corrected chi connectivity index (χ0v) is 14.7. The molecule has 1 aromatic rings. The van der Waals surface area contributed by atoms with Crippen LogP contribution in [0.2, 0.25) is 0 Å². The number of nitrogens with two attached hydrogens (primary N) is 1. The number of hydrogen-bond acceptors (Lipinski definition) is 7. The first-order valence-electron chi connectivity index (χ1n) is 7.22. The van der Waals surface area contributed by atoms with Crippen LogP contribution in [0, 0.1) is 0 Å². The molecule has 6 nitrogen and oxygen atoms in total. The third kappa shape index (κ3) is 3.17. The Morgan fingerprint density at radius 1 is 1.33 bits per heavy atom. The van der Waals surface area contributed by atoms with Crippen LogP contribution < -0.4 is 10.6 Å². The number of aromatic nitrogens is 1. The normalized spacial score (nSPS) is 24.5. The van der Waals surface area contributed by atoms with Crippen molar-refractivity contribution in [2.45, 2.75) is 44.2 Å². The van der Waals surface area contributed by atoms with Crippen molar-refractivity contribution in [3.05, 3.63) is 0 Å². The van der Waals surface area contributed by atoms with Gasteiger partial charge in [0.15, 0.2) is 15.7 Å². The van der Waals surface area contributed by atoms with Gasteiger partial charge < -0.3 is 10.6 Å². The molecule has 1 aromatic heterocycles. The maximum Gasteiger partial charge on any atom is 0.185 e. The van der Waals surface area contributed by atoms with Crippen molar-refractivity contribution in [2.75, 3.05) is 36.5 Å². The fraction of sp³-hybridized carbons (Fsp3) is 0.769. The van der Waals surface area contributed by atoms with Crippen LogP contribution >= 0.6 is 11.5 Å². The van der Waals surface area contributed by atoms with E-state index in [0.29, 0.717) is 23.5 Å². The van der Waals surface area contributed by atoms with Crippen molar-refractivity contribution in [2.24, 2.45) is 0 Å². The molecule has 2 unspecified atom stereocenters. The lowest BCUT2D eigenvalue weighted by molar-refractivity contribution is 0.170. The maximum absolute atomic E-state index is 12.5. The average molecular weight is 332 g/mol. The van der Waals surface area contributed by atoms with Crippen molar-refractivity contribution < 1.29 is 8.42 Å². The molecule has 0 bridgehead atoms. The molecule has 1 fully saturated rings. The Labute approximate surface area is 131 Å². The van der Waals surface area contributed by atoms with Gasteiger partial charge in [0.05, 0.1) is 5.75 Å². The summed E-state index contributed by atoms with van der Waals surface area (Å²) in [5.74, 6) is 0.254. The highest BCUT2D eigenvalue weighted by Crippen LogP contribution is 2.37. The highest BCUT2D eigenvalue weighted by molar-refractivity contribution is 7.91. The van der Waals surface area contributed by atoms with Gasteiger partial charge in [0.1, 0.15) is 9.90 Å². The standard InChI is InChI=1S/C13H24N4O2S2/c1-5-6-21(18,19)11-12(14)15-20-13(11)17-7-9(2)16(4)10(3)8-17/h9-10H,5-8H2,1-4H3,(H2,14,15). The highest BCUT2D eigenvalue weighted by Gasteiger charge is 2.33. The molecule has 0 spiro atoms. The molecule has 1 saturated heterocycles. The molecule has 2 N–H and O–H groups in total. The largest absolute Gasteiger partial charge is 0.382 e. The van der Waals surface area contributed by atoms with Gasteiger partial charge in [-0.2, -0.15) is 4.37 Å². The van der Waals surface area contributed by atoms with Crippen LogP contribution in [0.15, 0.2) is 4.90 Å². The predicted octanol–water partition coefficient (Wildman–Crippen LogP) is 1.44. The number of hydrogen-bond donors (Lipinski definition) is 1. The molecule has 1 aliphatic heterocycles. The number of sulfone groups is 1. The van der Waals surface area contributed by atoms with Gasteiger partial charge in [-0.3, -0.25) is 4.90 Å². The second-order valence-electron chi connectivity index (χ2n) is 5.79. The van der Waals surface area contributed by atoms with E-state index in [1.165, 1.54) is 11.5 Å². The first-order valence-corrected chi connectivity index (χ1v) is 9.65. The van der Waals surface area contributed by atoms with Gasteiger partial charge >= 0.3 is 0 Å². The molecule has 0 amide bonds. The number of anilines is 2. The van der Waals surface area contributed by atoms with Crippen LogP contribution in [0.1, 0.15) is 27.2 Å². The van der Waals surface area contributed by atoms with Gasteiger partial charge in [-0.15, -0.1) is 0 Å². The monoisotopic (exact) mass is 332 g/mol. The minimum absolute atomic E-state index is 0.113. The molecule has 21 heavy (non-hydrogen) atoms. The average Bonchev–Trinajstić information content (AvgIpc) is 2.78. The van der Waals surface area contributed by atoms with E-state index in [4.69, 9.17) is 5.73 Å². The van der Waals surface area contributed by atoms with Crippen LogP contribution in [0.4, 0.5) is 10.8 Å². The summed E-state index contributed by atoms with van der Waals surface area (Å²) in [5, 5.41) is 0.702. The Hall–Kier alpha value is -0.860. The minimum Gasteiger partial charge on any atom is -0.382 e. The second-order valence-corrected chi connectivity index (χ2v) is 8.59. The number of piperazine rings is 1. The van der Waals surface area contributed by atoms with Crippen LogP contribution in [0.3, 0.4) is 0 Å². The molecule has 0 saturated carbocycles. The Morgan fingerprint density at radius 2 is 1.90 bits per heavy atom. The van der Waals surface area contributed by atoms with Crippen LogP contribution in [-0.2, 0) is 9.84 Å². The van der Waals surface area contributed by atoms with E-state index in [-0.39, 0.29) is 16.5 Å². The van der Waals surface area contributed by atoms with Crippen molar-refractivity contribution in [3.63, 3.8) is 0 Å². The van der Waals surface area contributed by atoms with Crippen molar-refractivity contribution in [1.29, 1.82) is 0 Å². The Balaban J connectivity index is 2.38. The molecular formula is C13H24N4O2S2. The van der Waals surface area contributed by atoms with Crippen LogP contribution in [-0.4, -0.2) is 55.7 Å². The highest BCUT2D eigenvalue weighted by atomic mass is 32.2. The molecular weight excluding hydrogens is 308 g/mol. The van der Waals surface area contributed by atoms with E-state index in [0.717, 1.165) is 13.1 Å². The number of nitrogens with zero attached hydrogens (tertiary/aromatic N) is 3. The minimum atomic E-state index is -3.36. The number of rotatable bonds is 4. The Morgan fingerprint density at radius 3 is 2.43 bits per heavy atom. The number of likely N-dealkylation sites (N-methyl/N-ethyl adjacent to an activating group) is 1. The summed E-state index contributed by atoms with van der Waals surface area (Å²) >= 11 is 1.19. The van der Waals surface area contributed by atoms with Gasteiger partial charge in [-0.05, 0) is 38.8 Å². The van der Waals surface area contributed by atoms with Crippen molar-refractivity contribution >= 4 is 32.2 Å². The van der Waals surface area contributed by atoms with E-state index in [1.807, 2.05) is 6.92 Å². The lowest BCUT2D eigenvalue weighted by atomic mass is 10.1. The molecule has 1 aliphatic rings. The molecule has 8 heteroatoms. The first kappa shape index (κ1) is 16.5. The lowest BCUT2D eigenvalue weighted by Gasteiger charge is -2.43. The third-order valence-corrected chi connectivity index (χ3v) is 7.11. The van der Waals surface area contributed by atoms with Crippen molar-refractivity contribution in [3.8, 4) is 0 Å². The summed E-state index contributed by atoms with van der Waals surface area (Å²) in [6.45, 7) is 7.72. The molecule has 2 heterocycles. The van der Waals surface area contributed by atoms with E-state index >= 15 is 0 Å². The van der Waals surface area contributed by atoms with Crippen molar-refractivity contribution in [1.82, 2.24) is 9.27 Å². The molecule has 2 rings (SSSR count). The predicted molar refractivity (Wildman–Crippen MR) is 87.8 cm³/mol. The third-order valence-electron chi connectivity index (χ3n) is 4.09. The van der Waals surface area contributed by atoms with E-state index in [1.54, 1.807) is 0 Å². The molecule has 120 valence electrons. The zero-order valence-electron chi connectivity index (χ0n) is 13.0. The summed E-state index contributed by atoms with van der Waals surface area (Å²) in [6.07, 6.45) is 0.576. The van der Waals surface area contributed by atoms with E-state index in [2.05, 4.69) is 35.1 Å². The second kappa shape index (κ2) is 6.10. The van der Waals surface area contributed by atoms with Gasteiger partial charge in [0.2, 0.25) is 0 Å². The number of nitrogen functional groups attached to an aromatic ring is 1. The topological polar surface area (TPSA) is 79.5 Å². The first-order chi connectivity index (χ1) is 9.77. The molecule has 2 atom stereocenters. The Kier molecular flexibility index (Phi) is 4.79. The molecule has 0 radical (unpaired) electrons. The van der Waals surface area contributed by atoms with E-state index in [9.17, 15) is 8.42 Å². The van der Waals surface area contributed by atoms with Gasteiger partial charge in [-0.25, -0.2) is 8.42 Å². The summed E-state index contributed by atoms with van der Waals surface area (Å²) in [6, 6.07) is 0.720. The zero-order chi connectivity index (χ0) is 15.8. The van der Waals surface area contributed by atoms with Crippen LogP contribution in [0.5, 0.6) is 0 Å². The van der Waals surface area contributed by atoms with Crippen LogP contribution in [0.25, 0.3) is 0 Å². The summed E-state index contributed by atoms with van der Waals surface area (Å²) in [7, 11) is -1.26. The lowest BCUT2D eigenvalue weighted by Crippen LogP contribution is -2.55. The van der Waals surface area contributed by atoms with Gasteiger partial charge in [-0.1, -0.05) is 6.92 Å².